The van der Waals surface area contributed by atoms with E-state index in [9.17, 15) is 18.0 Å². The first-order chi connectivity index (χ1) is 16.3. The van der Waals surface area contributed by atoms with Crippen molar-refractivity contribution in [1.82, 2.24) is 4.90 Å². The zero-order valence-electron chi connectivity index (χ0n) is 18.4. The van der Waals surface area contributed by atoms with Gasteiger partial charge in [-0.1, -0.05) is 34.1 Å². The van der Waals surface area contributed by atoms with Gasteiger partial charge >= 0.3 is 0 Å². The molecule has 4 rings (SSSR count). The minimum absolute atomic E-state index is 0.0238. The van der Waals surface area contributed by atoms with Gasteiger partial charge in [0.15, 0.2) is 9.84 Å². The van der Waals surface area contributed by atoms with Gasteiger partial charge < -0.3 is 15.1 Å². The third-order valence-corrected chi connectivity index (χ3v) is 7.76. The quantitative estimate of drug-likeness (QED) is 0.512. The molecule has 0 unspecified atom stereocenters. The third-order valence-electron chi connectivity index (χ3n) is 5.60. The molecule has 7 nitrogen and oxygen atoms in total. The molecule has 0 spiro atoms. The molecule has 1 N–H and O–H groups in total. The fourth-order valence-corrected chi connectivity index (χ4v) is 5.20. The number of hydrogen-bond donors (Lipinski definition) is 1. The van der Waals surface area contributed by atoms with Crippen LogP contribution in [-0.2, 0) is 14.6 Å². The highest BCUT2D eigenvalue weighted by Crippen LogP contribution is 2.21. The summed E-state index contributed by atoms with van der Waals surface area (Å²) >= 11 is 3.38. The molecule has 0 bridgehead atoms. The second-order valence-corrected chi connectivity index (χ2v) is 10.9. The monoisotopic (exact) mass is 541 g/mol. The molecule has 176 valence electrons. The Kier molecular flexibility index (Phi) is 7.33. The molecule has 9 heteroatoms. The van der Waals surface area contributed by atoms with E-state index in [0.717, 1.165) is 10.2 Å². The van der Waals surface area contributed by atoms with Crippen molar-refractivity contribution < 1.29 is 18.0 Å². The molecule has 0 saturated carbocycles. The lowest BCUT2D eigenvalue weighted by atomic mass is 10.1. The number of piperazine rings is 1. The second kappa shape index (κ2) is 10.4. The zero-order chi connectivity index (χ0) is 24.1. The van der Waals surface area contributed by atoms with E-state index in [1.807, 2.05) is 41.3 Å². The number of carbonyl (C=O) groups is 2. The van der Waals surface area contributed by atoms with Crippen molar-refractivity contribution in [3.63, 3.8) is 0 Å². The Morgan fingerprint density at radius 3 is 2.06 bits per heavy atom. The molecule has 1 aliphatic rings. The highest BCUT2D eigenvalue weighted by Gasteiger charge is 2.23. The van der Waals surface area contributed by atoms with E-state index in [2.05, 4.69) is 26.1 Å². The van der Waals surface area contributed by atoms with Crippen molar-refractivity contribution >= 4 is 49.0 Å². The van der Waals surface area contributed by atoms with E-state index in [-0.39, 0.29) is 10.8 Å². The molecular formula is C25H24BrN3O4S. The summed E-state index contributed by atoms with van der Waals surface area (Å²) in [7, 11) is -3.69. The summed E-state index contributed by atoms with van der Waals surface area (Å²) in [5, 5.41) is 2.65. The van der Waals surface area contributed by atoms with E-state index in [0.29, 0.717) is 37.4 Å². The van der Waals surface area contributed by atoms with Crippen LogP contribution in [0.25, 0.3) is 0 Å². The minimum Gasteiger partial charge on any atom is -0.368 e. The first-order valence-corrected chi connectivity index (χ1v) is 13.2. The van der Waals surface area contributed by atoms with Crippen molar-refractivity contribution in [2.24, 2.45) is 0 Å². The first kappa shape index (κ1) is 24.0. The Balaban J connectivity index is 1.30. The fraction of sp³-hybridized carbons (Fsp3) is 0.200. The summed E-state index contributed by atoms with van der Waals surface area (Å²) in [6.07, 6.45) is 0. The number of nitrogens with one attached hydrogen (secondary N) is 1. The topological polar surface area (TPSA) is 86.8 Å². The maximum absolute atomic E-state index is 12.7. The van der Waals surface area contributed by atoms with Gasteiger partial charge in [0, 0.05) is 47.6 Å². The van der Waals surface area contributed by atoms with Crippen molar-refractivity contribution in [3.8, 4) is 0 Å². The molecular weight excluding hydrogens is 518 g/mol. The second-order valence-electron chi connectivity index (χ2n) is 7.95. The average Bonchev–Trinajstić information content (AvgIpc) is 2.85. The first-order valence-electron chi connectivity index (χ1n) is 10.8. The van der Waals surface area contributed by atoms with Gasteiger partial charge in [-0.05, 0) is 60.7 Å². The lowest BCUT2D eigenvalue weighted by molar-refractivity contribution is -0.113. The molecule has 0 aliphatic carbocycles. The molecule has 34 heavy (non-hydrogen) atoms. The van der Waals surface area contributed by atoms with Crippen LogP contribution in [0.4, 0.5) is 11.4 Å². The standard InChI is InChI=1S/C25H24BrN3O4S/c26-20-8-6-19(7-9-20)25(31)29-16-14-28(15-17-29)22-12-10-21(11-13-22)27-24(30)18-34(32,33)23-4-2-1-3-5-23/h1-13H,14-18H2,(H,27,30). The maximum atomic E-state index is 12.7. The lowest BCUT2D eigenvalue weighted by Gasteiger charge is -2.36. The Morgan fingerprint density at radius 2 is 1.44 bits per heavy atom. The van der Waals surface area contributed by atoms with Crippen LogP contribution >= 0.6 is 15.9 Å². The molecule has 0 atom stereocenters. The largest absolute Gasteiger partial charge is 0.368 e. The number of rotatable bonds is 6. The van der Waals surface area contributed by atoms with Crippen LogP contribution in [0, 0.1) is 0 Å². The van der Waals surface area contributed by atoms with Gasteiger partial charge in [0.05, 0.1) is 4.90 Å². The van der Waals surface area contributed by atoms with Gasteiger partial charge in [-0.25, -0.2) is 8.42 Å². The van der Waals surface area contributed by atoms with Gasteiger partial charge in [0.25, 0.3) is 5.91 Å². The fourth-order valence-electron chi connectivity index (χ4n) is 3.78. The molecule has 2 amide bonds. The number of hydrogen-bond acceptors (Lipinski definition) is 5. The number of nitrogens with zero attached hydrogens (tertiary/aromatic N) is 2. The van der Waals surface area contributed by atoms with Gasteiger partial charge in [-0.15, -0.1) is 0 Å². The predicted octanol–water partition coefficient (Wildman–Crippen LogP) is 3.82. The van der Waals surface area contributed by atoms with Crippen LogP contribution in [0.3, 0.4) is 0 Å². The molecule has 1 saturated heterocycles. The van der Waals surface area contributed by atoms with Crippen molar-refractivity contribution in [2.75, 3.05) is 42.1 Å². The summed E-state index contributed by atoms with van der Waals surface area (Å²) in [5.41, 5.74) is 2.18. The van der Waals surface area contributed by atoms with E-state index < -0.39 is 21.5 Å². The van der Waals surface area contributed by atoms with E-state index >= 15 is 0 Å². The smallest absolute Gasteiger partial charge is 0.253 e. The molecule has 1 fully saturated rings. The summed E-state index contributed by atoms with van der Waals surface area (Å²) < 4.78 is 25.7. The summed E-state index contributed by atoms with van der Waals surface area (Å²) in [4.78, 5) is 29.1. The molecule has 1 heterocycles. The Hall–Kier alpha value is -3.17. The van der Waals surface area contributed by atoms with Gasteiger partial charge in [0.2, 0.25) is 5.91 Å². The lowest BCUT2D eigenvalue weighted by Crippen LogP contribution is -2.48. The number of carbonyl (C=O) groups excluding carboxylic acids is 2. The van der Waals surface area contributed by atoms with Crippen LogP contribution in [0.15, 0.2) is 88.2 Å². The molecule has 0 aromatic heterocycles. The Bertz CT molecular complexity index is 1260. The van der Waals surface area contributed by atoms with Crippen molar-refractivity contribution in [2.45, 2.75) is 4.90 Å². The van der Waals surface area contributed by atoms with Gasteiger partial charge in [-0.3, -0.25) is 9.59 Å². The van der Waals surface area contributed by atoms with E-state index in [4.69, 9.17) is 0 Å². The zero-order valence-corrected chi connectivity index (χ0v) is 20.8. The van der Waals surface area contributed by atoms with Crippen LogP contribution in [0.1, 0.15) is 10.4 Å². The molecule has 0 radical (unpaired) electrons. The van der Waals surface area contributed by atoms with Crippen LogP contribution in [0.5, 0.6) is 0 Å². The molecule has 3 aromatic carbocycles. The third kappa shape index (κ3) is 5.84. The highest BCUT2D eigenvalue weighted by atomic mass is 79.9. The summed E-state index contributed by atoms with van der Waals surface area (Å²) in [5.74, 6) is -1.18. The average molecular weight is 542 g/mol. The van der Waals surface area contributed by atoms with E-state index in [1.54, 1.807) is 30.3 Å². The number of sulfone groups is 1. The SMILES string of the molecule is O=C(CS(=O)(=O)c1ccccc1)Nc1ccc(N2CCN(C(=O)c3ccc(Br)cc3)CC2)cc1. The number of halogens is 1. The van der Waals surface area contributed by atoms with Crippen LogP contribution in [-0.4, -0.2) is 57.1 Å². The minimum atomic E-state index is -3.69. The number of amides is 2. The summed E-state index contributed by atoms with van der Waals surface area (Å²) in [6, 6.07) is 22.5. The van der Waals surface area contributed by atoms with Crippen LogP contribution < -0.4 is 10.2 Å². The highest BCUT2D eigenvalue weighted by molar-refractivity contribution is 9.10. The maximum Gasteiger partial charge on any atom is 0.253 e. The van der Waals surface area contributed by atoms with Crippen molar-refractivity contribution in [3.05, 3.63) is 88.9 Å². The van der Waals surface area contributed by atoms with Gasteiger partial charge in [0.1, 0.15) is 5.75 Å². The number of anilines is 2. The predicted molar refractivity (Wildman–Crippen MR) is 136 cm³/mol. The Labute approximate surface area is 207 Å². The summed E-state index contributed by atoms with van der Waals surface area (Å²) in [6.45, 7) is 2.63. The van der Waals surface area contributed by atoms with Crippen molar-refractivity contribution in [1.29, 1.82) is 0 Å². The normalized spacial score (nSPS) is 14.0. The van der Waals surface area contributed by atoms with E-state index in [1.165, 1.54) is 12.1 Å². The molecule has 1 aliphatic heterocycles. The Morgan fingerprint density at radius 1 is 0.824 bits per heavy atom. The van der Waals surface area contributed by atoms with Gasteiger partial charge in [-0.2, -0.15) is 0 Å². The van der Waals surface area contributed by atoms with Crippen LogP contribution in [0.2, 0.25) is 0 Å². The number of benzene rings is 3. The molecule has 3 aromatic rings.